The summed E-state index contributed by atoms with van der Waals surface area (Å²) in [5.74, 6) is -0.390. The van der Waals surface area contributed by atoms with E-state index in [2.05, 4.69) is 5.10 Å². The van der Waals surface area contributed by atoms with Crippen molar-refractivity contribution in [2.24, 2.45) is 14.1 Å². The molecular weight excluding hydrogens is 244 g/mol. The Labute approximate surface area is 111 Å². The van der Waals surface area contributed by atoms with Gasteiger partial charge in [0.1, 0.15) is 12.3 Å². The number of carbonyl (C=O) groups is 1. The molecule has 0 saturated carbocycles. The van der Waals surface area contributed by atoms with Crippen molar-refractivity contribution in [1.82, 2.24) is 14.3 Å². The summed E-state index contributed by atoms with van der Waals surface area (Å²) >= 11 is 0. The molecule has 102 valence electrons. The van der Waals surface area contributed by atoms with Crippen LogP contribution in [0.4, 0.5) is 5.69 Å². The number of rotatable bonds is 4. The number of aryl methyl sites for hydroxylation is 3. The van der Waals surface area contributed by atoms with E-state index in [0.29, 0.717) is 11.4 Å². The summed E-state index contributed by atoms with van der Waals surface area (Å²) in [6, 6.07) is 3.54. The average Bonchev–Trinajstić information content (AvgIpc) is 2.89. The highest BCUT2D eigenvalue weighted by Gasteiger charge is 2.13. The molecule has 2 aromatic heterocycles. The second-order valence-corrected chi connectivity index (χ2v) is 4.45. The number of esters is 1. The molecule has 6 heteroatoms. The SMILES string of the molecule is CCc1cc(COC(=O)c2cc(N)cn2C)n(C)n1. The van der Waals surface area contributed by atoms with E-state index >= 15 is 0 Å². The molecule has 0 amide bonds. The molecule has 0 spiro atoms. The van der Waals surface area contributed by atoms with Crippen molar-refractivity contribution < 1.29 is 9.53 Å². The topological polar surface area (TPSA) is 75.1 Å². The van der Waals surface area contributed by atoms with Crippen LogP contribution in [0, 0.1) is 0 Å². The molecule has 6 nitrogen and oxygen atoms in total. The monoisotopic (exact) mass is 262 g/mol. The van der Waals surface area contributed by atoms with Crippen LogP contribution in [0.1, 0.15) is 28.8 Å². The van der Waals surface area contributed by atoms with Crippen LogP contribution < -0.4 is 5.73 Å². The first kappa shape index (κ1) is 13.2. The van der Waals surface area contributed by atoms with Crippen LogP contribution >= 0.6 is 0 Å². The summed E-state index contributed by atoms with van der Waals surface area (Å²) in [4.78, 5) is 11.9. The van der Waals surface area contributed by atoms with Crippen LogP contribution in [0.5, 0.6) is 0 Å². The van der Waals surface area contributed by atoms with Crippen LogP contribution in [0.15, 0.2) is 18.3 Å². The van der Waals surface area contributed by atoms with Gasteiger partial charge in [-0.2, -0.15) is 5.10 Å². The van der Waals surface area contributed by atoms with Crippen LogP contribution in [0.2, 0.25) is 0 Å². The fourth-order valence-corrected chi connectivity index (χ4v) is 1.89. The standard InChI is InChI=1S/C13H18N4O2/c1-4-10-6-11(17(3)15-10)8-19-13(18)12-5-9(14)7-16(12)2/h5-7H,4,8,14H2,1-3H3. The highest BCUT2D eigenvalue weighted by atomic mass is 16.5. The zero-order valence-corrected chi connectivity index (χ0v) is 11.4. The van der Waals surface area contributed by atoms with Crippen LogP contribution in [0.25, 0.3) is 0 Å². The molecular formula is C13H18N4O2. The number of hydrogen-bond donors (Lipinski definition) is 1. The van der Waals surface area contributed by atoms with Gasteiger partial charge in [0, 0.05) is 20.3 Å². The fraction of sp³-hybridized carbons (Fsp3) is 0.385. The number of nitrogens with two attached hydrogens (primary N) is 1. The third-order valence-electron chi connectivity index (χ3n) is 2.98. The lowest BCUT2D eigenvalue weighted by Crippen LogP contribution is -2.11. The Bertz CT molecular complexity index is 598. The minimum absolute atomic E-state index is 0.202. The zero-order chi connectivity index (χ0) is 14.0. The number of aromatic nitrogens is 3. The van der Waals surface area contributed by atoms with Gasteiger partial charge < -0.3 is 15.0 Å². The molecule has 2 heterocycles. The van der Waals surface area contributed by atoms with E-state index in [1.807, 2.05) is 20.0 Å². The van der Waals surface area contributed by atoms with Crippen molar-refractivity contribution in [2.45, 2.75) is 20.0 Å². The zero-order valence-electron chi connectivity index (χ0n) is 11.4. The van der Waals surface area contributed by atoms with Gasteiger partial charge in [0.25, 0.3) is 0 Å². The Morgan fingerprint density at radius 3 is 2.68 bits per heavy atom. The Balaban J connectivity index is 2.04. The minimum Gasteiger partial charge on any atom is -0.455 e. The largest absolute Gasteiger partial charge is 0.455 e. The highest BCUT2D eigenvalue weighted by Crippen LogP contribution is 2.12. The highest BCUT2D eigenvalue weighted by molar-refractivity contribution is 5.89. The normalized spacial score (nSPS) is 10.7. The molecule has 0 atom stereocenters. The Hall–Kier alpha value is -2.24. The molecule has 2 rings (SSSR count). The summed E-state index contributed by atoms with van der Waals surface area (Å²) in [5, 5.41) is 4.30. The second-order valence-electron chi connectivity index (χ2n) is 4.45. The Morgan fingerprint density at radius 2 is 2.16 bits per heavy atom. The molecule has 0 aromatic carbocycles. The van der Waals surface area contributed by atoms with Gasteiger partial charge in [-0.1, -0.05) is 6.92 Å². The maximum Gasteiger partial charge on any atom is 0.355 e. The van der Waals surface area contributed by atoms with E-state index in [1.54, 1.807) is 28.6 Å². The van der Waals surface area contributed by atoms with Gasteiger partial charge in [-0.3, -0.25) is 4.68 Å². The van der Waals surface area contributed by atoms with E-state index in [1.165, 1.54) is 0 Å². The van der Waals surface area contributed by atoms with Gasteiger partial charge >= 0.3 is 5.97 Å². The molecule has 2 N–H and O–H groups in total. The van der Waals surface area contributed by atoms with Gasteiger partial charge in [0.2, 0.25) is 0 Å². The molecule has 0 fully saturated rings. The van der Waals surface area contributed by atoms with Gasteiger partial charge in [-0.05, 0) is 18.6 Å². The van der Waals surface area contributed by atoms with Crippen molar-refractivity contribution in [2.75, 3.05) is 5.73 Å². The Kier molecular flexibility index (Phi) is 3.59. The summed E-state index contributed by atoms with van der Waals surface area (Å²) < 4.78 is 8.65. The molecule has 2 aromatic rings. The lowest BCUT2D eigenvalue weighted by molar-refractivity contribution is 0.0452. The number of nitrogens with zero attached hydrogens (tertiary/aromatic N) is 3. The van der Waals surface area contributed by atoms with Crippen molar-refractivity contribution in [3.63, 3.8) is 0 Å². The first-order valence-corrected chi connectivity index (χ1v) is 6.12. The third-order valence-corrected chi connectivity index (χ3v) is 2.98. The van der Waals surface area contributed by atoms with Crippen molar-refractivity contribution in [1.29, 1.82) is 0 Å². The van der Waals surface area contributed by atoms with Crippen molar-refractivity contribution in [3.05, 3.63) is 35.4 Å². The number of nitrogen functional groups attached to an aromatic ring is 1. The lowest BCUT2D eigenvalue weighted by Gasteiger charge is -2.05. The van der Waals surface area contributed by atoms with Gasteiger partial charge in [-0.15, -0.1) is 0 Å². The first-order chi connectivity index (χ1) is 9.01. The summed E-state index contributed by atoms with van der Waals surface area (Å²) in [6.07, 6.45) is 2.53. The van der Waals surface area contributed by atoms with E-state index in [-0.39, 0.29) is 6.61 Å². The number of anilines is 1. The third kappa shape index (κ3) is 2.78. The minimum atomic E-state index is -0.390. The molecule has 0 aliphatic rings. The van der Waals surface area contributed by atoms with Gasteiger partial charge in [0.05, 0.1) is 17.1 Å². The maximum atomic E-state index is 11.9. The Morgan fingerprint density at radius 1 is 1.42 bits per heavy atom. The van der Waals surface area contributed by atoms with E-state index < -0.39 is 5.97 Å². The number of ether oxygens (including phenoxy) is 1. The van der Waals surface area contributed by atoms with Gasteiger partial charge in [0.15, 0.2) is 0 Å². The summed E-state index contributed by atoms with van der Waals surface area (Å²) in [7, 11) is 3.59. The first-order valence-electron chi connectivity index (χ1n) is 6.12. The average molecular weight is 262 g/mol. The predicted molar refractivity (Wildman–Crippen MR) is 71.5 cm³/mol. The van der Waals surface area contributed by atoms with Crippen LogP contribution in [0.3, 0.4) is 0 Å². The van der Waals surface area contributed by atoms with E-state index in [9.17, 15) is 4.79 Å². The van der Waals surface area contributed by atoms with Crippen LogP contribution in [-0.2, 0) is 31.9 Å². The van der Waals surface area contributed by atoms with Gasteiger partial charge in [-0.25, -0.2) is 4.79 Å². The van der Waals surface area contributed by atoms with Crippen LogP contribution in [-0.4, -0.2) is 20.3 Å². The molecule has 0 unspecified atom stereocenters. The quantitative estimate of drug-likeness (QED) is 0.842. The smallest absolute Gasteiger partial charge is 0.355 e. The number of hydrogen-bond acceptors (Lipinski definition) is 4. The van der Waals surface area contributed by atoms with Crippen molar-refractivity contribution >= 4 is 11.7 Å². The molecule has 0 bridgehead atoms. The molecule has 0 aliphatic carbocycles. The fourth-order valence-electron chi connectivity index (χ4n) is 1.89. The maximum absolute atomic E-state index is 11.9. The lowest BCUT2D eigenvalue weighted by atomic mass is 10.3. The molecule has 0 aliphatic heterocycles. The molecule has 0 saturated heterocycles. The summed E-state index contributed by atoms with van der Waals surface area (Å²) in [6.45, 7) is 2.23. The van der Waals surface area contributed by atoms with E-state index in [4.69, 9.17) is 10.5 Å². The summed E-state index contributed by atoms with van der Waals surface area (Å²) in [5.41, 5.74) is 8.46. The molecule has 0 radical (unpaired) electrons. The van der Waals surface area contributed by atoms with E-state index in [0.717, 1.165) is 17.8 Å². The predicted octanol–water partition coefficient (Wildman–Crippen LogP) is 1.26. The molecule has 19 heavy (non-hydrogen) atoms. The number of carbonyl (C=O) groups excluding carboxylic acids is 1. The van der Waals surface area contributed by atoms with Crippen molar-refractivity contribution in [3.8, 4) is 0 Å². The second kappa shape index (κ2) is 5.17.